The minimum absolute atomic E-state index is 0.142. The van der Waals surface area contributed by atoms with Crippen molar-refractivity contribution in [2.45, 2.75) is 19.4 Å². The van der Waals surface area contributed by atoms with Gasteiger partial charge in [0.25, 0.3) is 0 Å². The summed E-state index contributed by atoms with van der Waals surface area (Å²) in [6.45, 7) is 1.12. The molecule has 1 aromatic heterocycles. The Morgan fingerprint density at radius 1 is 1.39 bits per heavy atom. The highest BCUT2D eigenvalue weighted by Gasteiger charge is 2.25. The largest absolute Gasteiger partial charge is 0.476 e. The summed E-state index contributed by atoms with van der Waals surface area (Å²) in [5, 5.41) is 15.8. The zero-order valence-electron chi connectivity index (χ0n) is 9.69. The van der Waals surface area contributed by atoms with E-state index in [1.807, 2.05) is 0 Å². The fraction of sp³-hybridized carbons (Fsp3) is 0.667. The third-order valence-electron chi connectivity index (χ3n) is 2.79. The van der Waals surface area contributed by atoms with Crippen molar-refractivity contribution in [1.29, 1.82) is 0 Å². The van der Waals surface area contributed by atoms with E-state index >= 15 is 0 Å². The van der Waals surface area contributed by atoms with Crippen LogP contribution >= 0.6 is 0 Å². The third kappa shape index (κ3) is 2.85. The monoisotopic (exact) mass is 274 g/mol. The first-order valence-electron chi connectivity index (χ1n) is 5.60. The van der Waals surface area contributed by atoms with Crippen LogP contribution in [-0.2, 0) is 16.6 Å². The Kier molecular flexibility index (Phi) is 3.62. The number of hydrogen-bond acceptors (Lipinski definition) is 5. The molecule has 0 amide bonds. The van der Waals surface area contributed by atoms with Gasteiger partial charge in [-0.25, -0.2) is 17.5 Å². The van der Waals surface area contributed by atoms with Gasteiger partial charge in [0.05, 0.1) is 18.5 Å². The number of hydrogen-bond donors (Lipinski definition) is 1. The van der Waals surface area contributed by atoms with E-state index in [0.717, 1.165) is 6.42 Å². The molecule has 18 heavy (non-hydrogen) atoms. The molecule has 0 bridgehead atoms. The molecule has 1 aromatic rings. The van der Waals surface area contributed by atoms with Crippen molar-refractivity contribution in [2.24, 2.45) is 0 Å². The van der Waals surface area contributed by atoms with Gasteiger partial charge in [-0.3, -0.25) is 4.68 Å². The molecule has 8 nitrogen and oxygen atoms in total. The van der Waals surface area contributed by atoms with Crippen LogP contribution in [0, 0.1) is 0 Å². The lowest BCUT2D eigenvalue weighted by molar-refractivity contribution is 0.0690. The molecule has 0 aromatic carbocycles. The van der Waals surface area contributed by atoms with Gasteiger partial charge in [-0.15, -0.1) is 5.10 Å². The van der Waals surface area contributed by atoms with Crippen molar-refractivity contribution in [3.8, 4) is 0 Å². The topological polar surface area (TPSA) is 105 Å². The van der Waals surface area contributed by atoms with Crippen LogP contribution in [0.2, 0.25) is 0 Å². The van der Waals surface area contributed by atoms with Crippen LogP contribution in [0.5, 0.6) is 0 Å². The maximum atomic E-state index is 11.7. The maximum Gasteiger partial charge on any atom is 0.358 e. The number of rotatable bonds is 4. The molecule has 0 spiro atoms. The average Bonchev–Trinajstić information content (AvgIpc) is 2.76. The summed E-state index contributed by atoms with van der Waals surface area (Å²) in [7, 11) is -3.15. The fourth-order valence-corrected chi connectivity index (χ4v) is 3.41. The molecule has 1 aliphatic rings. The predicted molar refractivity (Wildman–Crippen MR) is 61.6 cm³/mol. The SMILES string of the molecule is O=C(O)c1cn(CCN2CCCCS2(=O)=O)nn1. The lowest BCUT2D eigenvalue weighted by atomic mass is 10.3. The fourth-order valence-electron chi connectivity index (χ4n) is 1.81. The normalized spacial score (nSPS) is 19.8. The molecule has 9 heteroatoms. The zero-order chi connectivity index (χ0) is 13.2. The van der Waals surface area contributed by atoms with Gasteiger partial charge in [0.1, 0.15) is 0 Å². The lowest BCUT2D eigenvalue weighted by Gasteiger charge is -2.25. The Balaban J connectivity index is 1.96. The van der Waals surface area contributed by atoms with E-state index in [1.165, 1.54) is 15.2 Å². The highest BCUT2D eigenvalue weighted by atomic mass is 32.2. The van der Waals surface area contributed by atoms with Crippen molar-refractivity contribution in [2.75, 3.05) is 18.8 Å². The van der Waals surface area contributed by atoms with Crippen LogP contribution in [0.25, 0.3) is 0 Å². The summed E-state index contributed by atoms with van der Waals surface area (Å²) < 4.78 is 26.2. The molecule has 0 aliphatic carbocycles. The van der Waals surface area contributed by atoms with Crippen molar-refractivity contribution in [1.82, 2.24) is 19.3 Å². The molecule has 2 rings (SSSR count). The van der Waals surface area contributed by atoms with Gasteiger partial charge in [0, 0.05) is 13.1 Å². The van der Waals surface area contributed by atoms with Crippen LogP contribution in [0.1, 0.15) is 23.3 Å². The Bertz CT molecular complexity index is 539. The predicted octanol–water partition coefficient (Wildman–Crippen LogP) is -0.598. The van der Waals surface area contributed by atoms with Crippen molar-refractivity contribution < 1.29 is 18.3 Å². The van der Waals surface area contributed by atoms with Crippen LogP contribution in [0.3, 0.4) is 0 Å². The molecule has 1 aliphatic heterocycles. The van der Waals surface area contributed by atoms with E-state index < -0.39 is 16.0 Å². The van der Waals surface area contributed by atoms with Crippen molar-refractivity contribution in [3.63, 3.8) is 0 Å². The molecule has 100 valence electrons. The second kappa shape index (κ2) is 5.02. The highest BCUT2D eigenvalue weighted by molar-refractivity contribution is 7.89. The number of sulfonamides is 1. The first-order chi connectivity index (χ1) is 8.49. The van der Waals surface area contributed by atoms with E-state index in [0.29, 0.717) is 26.1 Å². The van der Waals surface area contributed by atoms with Crippen LogP contribution < -0.4 is 0 Å². The Labute approximate surface area is 104 Å². The minimum Gasteiger partial charge on any atom is -0.476 e. The number of carbonyl (C=O) groups is 1. The summed E-state index contributed by atoms with van der Waals surface area (Å²) in [4.78, 5) is 10.6. The Hall–Kier alpha value is -1.48. The highest BCUT2D eigenvalue weighted by Crippen LogP contribution is 2.13. The van der Waals surface area contributed by atoms with Crippen molar-refractivity contribution >= 4 is 16.0 Å². The molecule has 1 saturated heterocycles. The quantitative estimate of drug-likeness (QED) is 0.786. The van der Waals surface area contributed by atoms with E-state index in [2.05, 4.69) is 10.3 Å². The standard InChI is InChI=1S/C9H14N4O4S/c14-9(15)8-7-12(11-10-8)4-5-13-3-1-2-6-18(13,16)17/h7H,1-6H2,(H,14,15). The summed E-state index contributed by atoms with van der Waals surface area (Å²) in [5.41, 5.74) is -0.142. The Morgan fingerprint density at radius 3 is 2.78 bits per heavy atom. The van der Waals surface area contributed by atoms with Gasteiger partial charge < -0.3 is 5.11 Å². The summed E-state index contributed by atoms with van der Waals surface area (Å²) in [6, 6.07) is 0. The molecular weight excluding hydrogens is 260 g/mol. The average molecular weight is 274 g/mol. The first kappa shape index (κ1) is 13.0. The van der Waals surface area contributed by atoms with Gasteiger partial charge in [0.15, 0.2) is 5.69 Å². The molecular formula is C9H14N4O4S. The zero-order valence-corrected chi connectivity index (χ0v) is 10.5. The molecule has 1 fully saturated rings. The van der Waals surface area contributed by atoms with E-state index in [-0.39, 0.29) is 11.4 Å². The molecule has 2 heterocycles. The van der Waals surface area contributed by atoms with Crippen LogP contribution in [0.15, 0.2) is 6.20 Å². The first-order valence-corrected chi connectivity index (χ1v) is 7.21. The lowest BCUT2D eigenvalue weighted by Crippen LogP contribution is -2.39. The Morgan fingerprint density at radius 2 is 2.17 bits per heavy atom. The molecule has 0 atom stereocenters. The maximum absolute atomic E-state index is 11.7. The van der Waals surface area contributed by atoms with Gasteiger partial charge in [-0.1, -0.05) is 5.21 Å². The van der Waals surface area contributed by atoms with Crippen LogP contribution in [0.4, 0.5) is 0 Å². The van der Waals surface area contributed by atoms with Crippen LogP contribution in [-0.4, -0.2) is 57.6 Å². The second-order valence-electron chi connectivity index (χ2n) is 4.09. The molecule has 0 saturated carbocycles. The summed E-state index contributed by atoms with van der Waals surface area (Å²) >= 11 is 0. The molecule has 1 N–H and O–H groups in total. The minimum atomic E-state index is -3.15. The third-order valence-corrected chi connectivity index (χ3v) is 4.75. The van der Waals surface area contributed by atoms with E-state index in [9.17, 15) is 13.2 Å². The summed E-state index contributed by atoms with van der Waals surface area (Å²) in [5.74, 6) is -0.961. The second-order valence-corrected chi connectivity index (χ2v) is 6.18. The number of aromatic nitrogens is 3. The summed E-state index contributed by atoms with van der Waals surface area (Å²) in [6.07, 6.45) is 2.85. The number of aromatic carboxylic acids is 1. The van der Waals surface area contributed by atoms with Gasteiger partial charge >= 0.3 is 5.97 Å². The van der Waals surface area contributed by atoms with E-state index in [4.69, 9.17) is 5.11 Å². The number of nitrogens with zero attached hydrogens (tertiary/aromatic N) is 4. The van der Waals surface area contributed by atoms with Gasteiger partial charge in [-0.2, -0.15) is 0 Å². The molecule has 0 unspecified atom stereocenters. The van der Waals surface area contributed by atoms with Gasteiger partial charge in [-0.05, 0) is 12.8 Å². The number of carboxylic acid groups (broad SMARTS) is 1. The smallest absolute Gasteiger partial charge is 0.358 e. The molecule has 0 radical (unpaired) electrons. The van der Waals surface area contributed by atoms with E-state index in [1.54, 1.807) is 0 Å². The van der Waals surface area contributed by atoms with Gasteiger partial charge in [0.2, 0.25) is 10.0 Å². The van der Waals surface area contributed by atoms with Crippen molar-refractivity contribution in [3.05, 3.63) is 11.9 Å². The number of carboxylic acids is 1.